The molecule has 2 N–H and O–H groups in total. The van der Waals surface area contributed by atoms with Crippen molar-refractivity contribution >= 4 is 16.7 Å². The van der Waals surface area contributed by atoms with E-state index in [2.05, 4.69) is 45.7 Å². The van der Waals surface area contributed by atoms with E-state index in [0.29, 0.717) is 6.04 Å². The van der Waals surface area contributed by atoms with E-state index in [1.165, 1.54) is 61.9 Å². The van der Waals surface area contributed by atoms with Gasteiger partial charge in [0.05, 0.1) is 36.0 Å². The molecule has 2 aromatic heterocycles. The molecule has 0 amide bonds. The smallest absolute Gasteiger partial charge is 0.159 e. The van der Waals surface area contributed by atoms with E-state index in [4.69, 9.17) is 9.72 Å². The summed E-state index contributed by atoms with van der Waals surface area (Å²) >= 11 is 0. The molecule has 35 heavy (non-hydrogen) atoms. The minimum atomic E-state index is -0.000565. The number of nitrogens with zero attached hydrogens (tertiary/aromatic N) is 5. The molecule has 4 aliphatic heterocycles. The van der Waals surface area contributed by atoms with Gasteiger partial charge in [-0.3, -0.25) is 4.68 Å². The van der Waals surface area contributed by atoms with Crippen LogP contribution in [0, 0.1) is 6.92 Å². The lowest BCUT2D eigenvalue weighted by Gasteiger charge is -2.56. The summed E-state index contributed by atoms with van der Waals surface area (Å²) in [4.78, 5) is 7.24. The molecule has 0 spiro atoms. The fourth-order valence-corrected chi connectivity index (χ4v) is 7.12. The molecule has 0 radical (unpaired) electrons. The lowest BCUT2D eigenvalue weighted by molar-refractivity contribution is -0.175. The summed E-state index contributed by atoms with van der Waals surface area (Å²) in [5.74, 6) is 0. The van der Waals surface area contributed by atoms with Crippen LogP contribution in [0.2, 0.25) is 0 Å². The predicted molar refractivity (Wildman–Crippen MR) is 137 cm³/mol. The lowest BCUT2D eigenvalue weighted by Crippen LogP contribution is -2.66. The number of fused-ring (bicyclic) bond motifs is 4. The van der Waals surface area contributed by atoms with E-state index in [-0.39, 0.29) is 11.1 Å². The minimum Gasteiger partial charge on any atom is -0.371 e. The maximum absolute atomic E-state index is 6.68. The number of pyridine rings is 1. The number of ether oxygens (including phenoxy) is 1. The Morgan fingerprint density at radius 2 is 2.06 bits per heavy atom. The maximum atomic E-state index is 6.68. The molecule has 2 saturated carbocycles. The third kappa shape index (κ3) is 3.59. The molecule has 2 saturated heterocycles. The van der Waals surface area contributed by atoms with E-state index in [1.807, 2.05) is 17.9 Å². The highest BCUT2D eigenvalue weighted by Gasteiger charge is 2.52. The first kappa shape index (κ1) is 22.1. The summed E-state index contributed by atoms with van der Waals surface area (Å²) in [7, 11) is 1.97. The third-order valence-corrected chi connectivity index (χ3v) is 9.54. The van der Waals surface area contributed by atoms with Gasteiger partial charge in [0.25, 0.3) is 0 Å². The van der Waals surface area contributed by atoms with Gasteiger partial charge >= 0.3 is 0 Å². The Balaban J connectivity index is 1.08. The molecule has 0 aromatic carbocycles. The van der Waals surface area contributed by atoms with Crippen molar-refractivity contribution in [1.82, 2.24) is 30.5 Å². The number of anilines is 1. The van der Waals surface area contributed by atoms with E-state index in [1.54, 1.807) is 0 Å². The van der Waals surface area contributed by atoms with Gasteiger partial charge in [0, 0.05) is 55.6 Å². The normalized spacial score (nSPS) is 33.1. The summed E-state index contributed by atoms with van der Waals surface area (Å²) in [6.07, 6.45) is 12.0. The van der Waals surface area contributed by atoms with Gasteiger partial charge in [-0.2, -0.15) is 5.10 Å². The van der Waals surface area contributed by atoms with Crippen molar-refractivity contribution in [3.05, 3.63) is 29.2 Å². The number of aryl methyl sites for hydroxylation is 2. The third-order valence-electron chi connectivity index (χ3n) is 9.54. The number of hydrogen-bond donors (Lipinski definition) is 2. The van der Waals surface area contributed by atoms with Gasteiger partial charge in [-0.15, -0.1) is 0 Å². The highest BCUT2D eigenvalue weighted by atomic mass is 16.5. The van der Waals surface area contributed by atoms with Gasteiger partial charge in [-0.05, 0) is 64.0 Å². The molecule has 188 valence electrons. The second-order valence-corrected chi connectivity index (χ2v) is 11.9. The minimum absolute atomic E-state index is 0.000565. The molecule has 4 fully saturated rings. The standard InChI is InChI=1S/C27H39N7O/c1-18-13-24(21-14-28-32(3)25(21)29-18)33-12-7-23-22(15-33)19(2)31-34(23)16-27-10-8-26(9-11-27,17-35-27)30-20-5-4-6-20/h13-14,19-20,30-31H,4-12,15-17H2,1-3H3. The quantitative estimate of drug-likeness (QED) is 0.685. The molecular formula is C27H39N7O. The van der Waals surface area contributed by atoms with Crippen LogP contribution in [0.25, 0.3) is 11.0 Å². The zero-order chi connectivity index (χ0) is 23.8. The SMILES string of the molecule is Cc1cc(N2CCC3=C(C2)C(C)NN3CC23CCC(NC4CCC4)(CC2)CO3)c2cnn(C)c2n1. The summed E-state index contributed by atoms with van der Waals surface area (Å²) in [6, 6.07) is 3.31. The highest BCUT2D eigenvalue weighted by Crippen LogP contribution is 2.46. The molecule has 6 heterocycles. The summed E-state index contributed by atoms with van der Waals surface area (Å²) in [5, 5.41) is 12.1. The summed E-state index contributed by atoms with van der Waals surface area (Å²) in [5.41, 5.74) is 10.3. The van der Waals surface area contributed by atoms with Crippen LogP contribution >= 0.6 is 0 Å². The van der Waals surface area contributed by atoms with Gasteiger partial charge in [-0.1, -0.05) is 6.42 Å². The lowest BCUT2D eigenvalue weighted by atomic mass is 9.70. The molecule has 8 rings (SSSR count). The molecule has 2 aliphatic carbocycles. The molecule has 8 nitrogen and oxygen atoms in total. The van der Waals surface area contributed by atoms with Crippen molar-refractivity contribution in [2.45, 2.75) is 88.4 Å². The highest BCUT2D eigenvalue weighted by molar-refractivity contribution is 5.90. The molecule has 8 heteroatoms. The van der Waals surface area contributed by atoms with Crippen molar-refractivity contribution in [3.8, 4) is 0 Å². The Labute approximate surface area is 208 Å². The average Bonchev–Trinajstić information content (AvgIpc) is 3.36. The van der Waals surface area contributed by atoms with Crippen molar-refractivity contribution in [2.75, 3.05) is 31.1 Å². The Hall–Kier alpha value is -2.16. The molecule has 2 aromatic rings. The van der Waals surface area contributed by atoms with Crippen LogP contribution < -0.4 is 15.6 Å². The van der Waals surface area contributed by atoms with Gasteiger partial charge in [-0.25, -0.2) is 10.4 Å². The van der Waals surface area contributed by atoms with Crippen LogP contribution in [0.5, 0.6) is 0 Å². The fourth-order valence-electron chi connectivity index (χ4n) is 7.12. The first-order chi connectivity index (χ1) is 16.9. The predicted octanol–water partition coefficient (Wildman–Crippen LogP) is 3.17. The number of rotatable bonds is 5. The second-order valence-electron chi connectivity index (χ2n) is 11.9. The van der Waals surface area contributed by atoms with E-state index in [9.17, 15) is 0 Å². The summed E-state index contributed by atoms with van der Waals surface area (Å²) < 4.78 is 8.56. The van der Waals surface area contributed by atoms with Crippen molar-refractivity contribution in [1.29, 1.82) is 0 Å². The molecule has 1 atom stereocenters. The zero-order valence-electron chi connectivity index (χ0n) is 21.4. The van der Waals surface area contributed by atoms with Gasteiger partial charge in [0.15, 0.2) is 5.65 Å². The summed E-state index contributed by atoms with van der Waals surface area (Å²) in [6.45, 7) is 8.21. The van der Waals surface area contributed by atoms with E-state index < -0.39 is 0 Å². The van der Waals surface area contributed by atoms with Gasteiger partial charge in [0.2, 0.25) is 0 Å². The molecule has 6 aliphatic rings. The monoisotopic (exact) mass is 477 g/mol. The maximum Gasteiger partial charge on any atom is 0.159 e. The van der Waals surface area contributed by atoms with Crippen LogP contribution in [-0.4, -0.2) is 69.2 Å². The largest absolute Gasteiger partial charge is 0.371 e. The number of aromatic nitrogens is 3. The first-order valence-electron chi connectivity index (χ1n) is 13.6. The molecular weight excluding hydrogens is 438 g/mol. The van der Waals surface area contributed by atoms with Crippen LogP contribution in [0.1, 0.15) is 64.0 Å². The first-order valence-corrected chi connectivity index (χ1v) is 13.6. The van der Waals surface area contributed by atoms with Crippen LogP contribution in [-0.2, 0) is 11.8 Å². The Kier molecular flexibility index (Phi) is 4.99. The Bertz CT molecular complexity index is 1160. The fraction of sp³-hybridized carbons (Fsp3) is 0.704. The van der Waals surface area contributed by atoms with Gasteiger partial charge < -0.3 is 20.0 Å². The van der Waals surface area contributed by atoms with E-state index in [0.717, 1.165) is 55.4 Å². The molecule has 2 bridgehead atoms. The topological polar surface area (TPSA) is 70.5 Å². The molecule has 1 unspecified atom stereocenters. The Morgan fingerprint density at radius 1 is 1.23 bits per heavy atom. The van der Waals surface area contributed by atoms with Crippen LogP contribution in [0.3, 0.4) is 0 Å². The second kappa shape index (κ2) is 7.92. The zero-order valence-corrected chi connectivity index (χ0v) is 21.4. The van der Waals surface area contributed by atoms with Crippen molar-refractivity contribution in [3.63, 3.8) is 0 Å². The average molecular weight is 478 g/mol. The number of hydrazine groups is 1. The number of hydrogen-bond acceptors (Lipinski definition) is 7. The van der Waals surface area contributed by atoms with Crippen molar-refractivity contribution < 1.29 is 4.74 Å². The Morgan fingerprint density at radius 3 is 2.77 bits per heavy atom. The van der Waals surface area contributed by atoms with E-state index >= 15 is 0 Å². The van der Waals surface area contributed by atoms with Crippen LogP contribution in [0.15, 0.2) is 23.5 Å². The van der Waals surface area contributed by atoms with Crippen molar-refractivity contribution in [2.24, 2.45) is 7.05 Å². The van der Waals surface area contributed by atoms with Crippen LogP contribution in [0.4, 0.5) is 5.69 Å². The number of nitrogens with one attached hydrogen (secondary N) is 2. The van der Waals surface area contributed by atoms with Gasteiger partial charge in [0.1, 0.15) is 0 Å².